The number of benzene rings is 2. The highest BCUT2D eigenvalue weighted by Gasteiger charge is 2.34. The number of hydrogen-bond donors (Lipinski definition) is 1. The van der Waals surface area contributed by atoms with Gasteiger partial charge in [0, 0.05) is 17.3 Å². The van der Waals surface area contributed by atoms with Gasteiger partial charge >= 0.3 is 17.4 Å². The van der Waals surface area contributed by atoms with Crippen LogP contribution in [0.4, 0.5) is 0 Å². The summed E-state index contributed by atoms with van der Waals surface area (Å²) in [5.74, 6) is -0.140. The lowest BCUT2D eigenvalue weighted by Gasteiger charge is -2.18. The number of aromatic nitrogens is 3. The molecule has 2 aromatic heterocycles. The monoisotopic (exact) mass is 360 g/mol. The Labute approximate surface area is 154 Å². The zero-order valence-electron chi connectivity index (χ0n) is 14.8. The summed E-state index contributed by atoms with van der Waals surface area (Å²) in [5.41, 5.74) is 3.64. The van der Waals surface area contributed by atoms with E-state index >= 15 is 0 Å². The Morgan fingerprint density at radius 1 is 1.11 bits per heavy atom. The van der Waals surface area contributed by atoms with Crippen molar-refractivity contribution in [3.05, 3.63) is 64.4 Å². The smallest absolute Gasteiger partial charge is 0.345 e. The van der Waals surface area contributed by atoms with Crippen LogP contribution in [0.15, 0.2) is 53.3 Å². The normalized spacial score (nSPS) is 12.9. The number of aryl methyl sites for hydroxylation is 2. The molecule has 5 rings (SSSR count). The van der Waals surface area contributed by atoms with Gasteiger partial charge in [-0.2, -0.15) is 4.57 Å². The van der Waals surface area contributed by atoms with E-state index in [2.05, 4.69) is 0 Å². The van der Waals surface area contributed by atoms with Gasteiger partial charge in [0.15, 0.2) is 0 Å². The second-order valence-corrected chi connectivity index (χ2v) is 6.93. The van der Waals surface area contributed by atoms with Crippen molar-refractivity contribution in [2.24, 2.45) is 7.05 Å². The largest absolute Gasteiger partial charge is 0.480 e. The number of hydrogen-bond acceptors (Lipinski definition) is 2. The molecule has 0 amide bonds. The number of nitrogens with zero attached hydrogens (tertiary/aromatic N) is 3. The molecule has 1 aliphatic heterocycles. The molecule has 6 heteroatoms. The minimum absolute atomic E-state index is 0.0310. The Morgan fingerprint density at radius 2 is 1.81 bits per heavy atom. The molecule has 0 aliphatic carbocycles. The molecule has 0 saturated heterocycles. The molecule has 27 heavy (non-hydrogen) atoms. The lowest BCUT2D eigenvalue weighted by atomic mass is 10.0. The summed E-state index contributed by atoms with van der Waals surface area (Å²) >= 11 is 0. The topological polar surface area (TPSA) is 68.1 Å². The van der Waals surface area contributed by atoms with Crippen LogP contribution < -0.4 is 10.1 Å². The van der Waals surface area contributed by atoms with Gasteiger partial charge in [-0.15, -0.1) is 0 Å². The molecule has 4 aromatic rings. The van der Waals surface area contributed by atoms with Crippen LogP contribution in [0.25, 0.3) is 33.3 Å². The zero-order chi connectivity index (χ0) is 18.7. The van der Waals surface area contributed by atoms with Gasteiger partial charge in [0.25, 0.3) is 0 Å². The molecule has 0 spiro atoms. The van der Waals surface area contributed by atoms with E-state index in [9.17, 15) is 14.7 Å². The first-order valence-corrected chi connectivity index (χ1v) is 8.91. The number of aliphatic carboxylic acids is 1. The molecule has 0 radical (unpaired) electrons. The Balaban J connectivity index is 1.98. The van der Waals surface area contributed by atoms with Crippen LogP contribution in [0.5, 0.6) is 0 Å². The summed E-state index contributed by atoms with van der Waals surface area (Å²) in [4.78, 5) is 24.7. The molecule has 1 aliphatic rings. The van der Waals surface area contributed by atoms with Crippen molar-refractivity contribution in [2.45, 2.75) is 19.5 Å². The first-order chi connectivity index (χ1) is 13.1. The minimum Gasteiger partial charge on any atom is -0.480 e. The molecule has 0 saturated carbocycles. The number of carboxylic acid groups (broad SMARTS) is 1. The molecule has 0 bridgehead atoms. The summed E-state index contributed by atoms with van der Waals surface area (Å²) in [6, 6.07) is 15.4. The zero-order valence-corrected chi connectivity index (χ0v) is 14.8. The fraction of sp³-hybridized carbons (Fsp3) is 0.190. The molecular formula is C21H18N3O3+. The molecule has 0 unspecified atom stereocenters. The third kappa shape index (κ3) is 2.10. The highest BCUT2D eigenvalue weighted by atomic mass is 16.4. The summed E-state index contributed by atoms with van der Waals surface area (Å²) in [5, 5.41) is 11.2. The second kappa shape index (κ2) is 5.54. The van der Waals surface area contributed by atoms with Crippen LogP contribution >= 0.6 is 0 Å². The van der Waals surface area contributed by atoms with Crippen LogP contribution in [0.1, 0.15) is 5.56 Å². The van der Waals surface area contributed by atoms with Crippen LogP contribution in [0.3, 0.4) is 0 Å². The van der Waals surface area contributed by atoms with Gasteiger partial charge in [0.2, 0.25) is 0 Å². The number of carboxylic acids is 1. The summed E-state index contributed by atoms with van der Waals surface area (Å²) in [6.45, 7) is 0.442. The SMILES string of the molecule is C[n+]1c2n(c(=O)c3ccccc31)CCc1c-2n(CC(=O)O)c2ccccc12. The van der Waals surface area contributed by atoms with E-state index in [0.29, 0.717) is 18.4 Å². The van der Waals surface area contributed by atoms with E-state index in [-0.39, 0.29) is 12.1 Å². The molecule has 3 heterocycles. The number of rotatable bonds is 2. The van der Waals surface area contributed by atoms with Gasteiger partial charge in [0.05, 0.1) is 13.6 Å². The summed E-state index contributed by atoms with van der Waals surface area (Å²) in [6.07, 6.45) is 0.702. The van der Waals surface area contributed by atoms with E-state index in [0.717, 1.165) is 33.5 Å². The lowest BCUT2D eigenvalue weighted by Crippen LogP contribution is -2.44. The van der Waals surface area contributed by atoms with E-state index in [1.807, 2.05) is 64.7 Å². The number of para-hydroxylation sites is 2. The number of carbonyl (C=O) groups is 1. The van der Waals surface area contributed by atoms with E-state index in [4.69, 9.17) is 0 Å². The van der Waals surface area contributed by atoms with Crippen molar-refractivity contribution in [3.63, 3.8) is 0 Å². The molecule has 0 atom stereocenters. The van der Waals surface area contributed by atoms with Crippen LogP contribution in [-0.4, -0.2) is 20.2 Å². The minimum atomic E-state index is -0.901. The Bertz CT molecular complexity index is 1310. The highest BCUT2D eigenvalue weighted by molar-refractivity contribution is 5.92. The lowest BCUT2D eigenvalue weighted by molar-refractivity contribution is -0.638. The third-order valence-electron chi connectivity index (χ3n) is 5.48. The summed E-state index contributed by atoms with van der Waals surface area (Å²) in [7, 11) is 1.94. The predicted molar refractivity (Wildman–Crippen MR) is 102 cm³/mol. The maximum Gasteiger partial charge on any atom is 0.345 e. The van der Waals surface area contributed by atoms with Gasteiger partial charge in [-0.1, -0.05) is 30.3 Å². The van der Waals surface area contributed by atoms with Crippen molar-refractivity contribution in [2.75, 3.05) is 0 Å². The molecule has 1 N–H and O–H groups in total. The van der Waals surface area contributed by atoms with Crippen molar-refractivity contribution < 1.29 is 14.5 Å². The fourth-order valence-corrected chi connectivity index (χ4v) is 4.38. The molecule has 2 aromatic carbocycles. The van der Waals surface area contributed by atoms with E-state index in [1.165, 1.54) is 0 Å². The van der Waals surface area contributed by atoms with Crippen molar-refractivity contribution in [3.8, 4) is 11.5 Å². The van der Waals surface area contributed by atoms with Crippen LogP contribution in [0, 0.1) is 0 Å². The third-order valence-corrected chi connectivity index (χ3v) is 5.48. The standard InChI is InChI=1S/C21H17N3O3/c1-22-16-8-4-3-7-15(16)21(27)23-11-10-14-13-6-2-5-9-17(13)24(12-18(25)26)19(14)20(22)23/h2-9H,10-12H2,1H3/p+1. The first-order valence-electron chi connectivity index (χ1n) is 8.91. The van der Waals surface area contributed by atoms with Gasteiger partial charge < -0.3 is 9.67 Å². The fourth-order valence-electron chi connectivity index (χ4n) is 4.38. The van der Waals surface area contributed by atoms with Gasteiger partial charge in [-0.05, 0) is 23.8 Å². The second-order valence-electron chi connectivity index (χ2n) is 6.93. The van der Waals surface area contributed by atoms with Crippen LogP contribution in [-0.2, 0) is 31.4 Å². The molecule has 134 valence electrons. The van der Waals surface area contributed by atoms with Crippen LogP contribution in [0.2, 0.25) is 0 Å². The molecular weight excluding hydrogens is 342 g/mol. The number of fused-ring (bicyclic) bond motifs is 6. The van der Waals surface area contributed by atoms with Gasteiger partial charge in [0.1, 0.15) is 23.1 Å². The van der Waals surface area contributed by atoms with Crippen molar-refractivity contribution in [1.82, 2.24) is 9.13 Å². The van der Waals surface area contributed by atoms with Crippen molar-refractivity contribution in [1.29, 1.82) is 0 Å². The predicted octanol–water partition coefficient (Wildman–Crippen LogP) is 2.09. The maximum atomic E-state index is 13.1. The van der Waals surface area contributed by atoms with E-state index in [1.54, 1.807) is 4.57 Å². The highest BCUT2D eigenvalue weighted by Crippen LogP contribution is 2.35. The maximum absolute atomic E-state index is 13.1. The summed E-state index contributed by atoms with van der Waals surface area (Å²) < 4.78 is 5.61. The van der Waals surface area contributed by atoms with E-state index < -0.39 is 5.97 Å². The Kier molecular flexibility index (Phi) is 3.25. The van der Waals surface area contributed by atoms with Crippen molar-refractivity contribution >= 4 is 27.8 Å². The molecule has 6 nitrogen and oxygen atoms in total. The average Bonchev–Trinajstić information content (AvgIpc) is 2.99. The Morgan fingerprint density at radius 3 is 2.59 bits per heavy atom. The average molecular weight is 360 g/mol. The molecule has 0 fully saturated rings. The van der Waals surface area contributed by atoms with Gasteiger partial charge in [-0.25, -0.2) is 9.36 Å². The first kappa shape index (κ1) is 15.8. The Hall–Kier alpha value is -3.41. The quantitative estimate of drug-likeness (QED) is 0.557. The van der Waals surface area contributed by atoms with Gasteiger partial charge in [-0.3, -0.25) is 4.79 Å².